The van der Waals surface area contributed by atoms with E-state index in [2.05, 4.69) is 5.32 Å². The van der Waals surface area contributed by atoms with E-state index in [9.17, 15) is 9.59 Å². The van der Waals surface area contributed by atoms with Crippen LogP contribution in [0.1, 0.15) is 20.8 Å². The molecule has 0 spiro atoms. The SMILES string of the molecule is COCC(C)(C)CNC(=O)N(C)CC(C)C(=O)O. The minimum atomic E-state index is -0.908. The number of ether oxygens (including phenoxy) is 1. The Kier molecular flexibility index (Phi) is 6.68. The molecule has 0 aliphatic carbocycles. The summed E-state index contributed by atoms with van der Waals surface area (Å²) < 4.78 is 5.05. The van der Waals surface area contributed by atoms with Crippen LogP contribution in [0.25, 0.3) is 0 Å². The highest BCUT2D eigenvalue weighted by molar-refractivity contribution is 5.75. The van der Waals surface area contributed by atoms with Gasteiger partial charge in [0.25, 0.3) is 0 Å². The fraction of sp³-hybridized carbons (Fsp3) is 0.833. The number of carbonyl (C=O) groups excluding carboxylic acids is 1. The van der Waals surface area contributed by atoms with Crippen molar-refractivity contribution in [3.8, 4) is 0 Å². The van der Waals surface area contributed by atoms with Crippen LogP contribution in [0.15, 0.2) is 0 Å². The van der Waals surface area contributed by atoms with Crippen LogP contribution in [0, 0.1) is 11.3 Å². The van der Waals surface area contributed by atoms with Crippen LogP contribution in [-0.4, -0.2) is 55.9 Å². The molecule has 0 saturated carbocycles. The van der Waals surface area contributed by atoms with Gasteiger partial charge in [-0.25, -0.2) is 4.79 Å². The second kappa shape index (κ2) is 7.20. The highest BCUT2D eigenvalue weighted by Crippen LogP contribution is 2.13. The number of carboxylic acid groups (broad SMARTS) is 1. The number of rotatable bonds is 7. The third kappa shape index (κ3) is 6.44. The number of urea groups is 1. The first-order valence-corrected chi connectivity index (χ1v) is 5.90. The molecule has 6 heteroatoms. The predicted molar refractivity (Wildman–Crippen MR) is 68.5 cm³/mol. The van der Waals surface area contributed by atoms with Gasteiger partial charge >= 0.3 is 12.0 Å². The van der Waals surface area contributed by atoms with Gasteiger partial charge in [0.2, 0.25) is 0 Å². The number of nitrogens with zero attached hydrogens (tertiary/aromatic N) is 1. The zero-order valence-electron chi connectivity index (χ0n) is 11.8. The average Bonchev–Trinajstić information content (AvgIpc) is 2.25. The van der Waals surface area contributed by atoms with E-state index in [1.807, 2.05) is 13.8 Å². The Hall–Kier alpha value is -1.30. The van der Waals surface area contributed by atoms with Crippen molar-refractivity contribution in [1.29, 1.82) is 0 Å². The number of carbonyl (C=O) groups is 2. The van der Waals surface area contributed by atoms with Crippen molar-refractivity contribution in [2.75, 3.05) is 33.9 Å². The molecule has 0 aliphatic rings. The van der Waals surface area contributed by atoms with Crippen molar-refractivity contribution in [2.45, 2.75) is 20.8 Å². The van der Waals surface area contributed by atoms with Crippen LogP contribution in [0.3, 0.4) is 0 Å². The van der Waals surface area contributed by atoms with Crippen molar-refractivity contribution in [2.24, 2.45) is 11.3 Å². The van der Waals surface area contributed by atoms with Crippen LogP contribution in [0.5, 0.6) is 0 Å². The van der Waals surface area contributed by atoms with Crippen molar-refractivity contribution >= 4 is 12.0 Å². The Morgan fingerprint density at radius 3 is 2.44 bits per heavy atom. The molecule has 0 saturated heterocycles. The van der Waals surface area contributed by atoms with Crippen molar-refractivity contribution in [1.82, 2.24) is 10.2 Å². The number of hydrogen-bond donors (Lipinski definition) is 2. The fourth-order valence-corrected chi connectivity index (χ4v) is 1.46. The molecule has 2 N–H and O–H groups in total. The van der Waals surface area contributed by atoms with Crippen molar-refractivity contribution < 1.29 is 19.4 Å². The summed E-state index contributed by atoms with van der Waals surface area (Å²) in [4.78, 5) is 23.8. The van der Waals surface area contributed by atoms with Crippen LogP contribution in [0.4, 0.5) is 4.79 Å². The topological polar surface area (TPSA) is 78.9 Å². The number of hydrogen-bond acceptors (Lipinski definition) is 3. The van der Waals surface area contributed by atoms with Gasteiger partial charge in [-0.3, -0.25) is 4.79 Å². The number of carboxylic acids is 1. The quantitative estimate of drug-likeness (QED) is 0.716. The molecule has 0 aromatic heterocycles. The van der Waals surface area contributed by atoms with Gasteiger partial charge < -0.3 is 20.1 Å². The second-order valence-corrected chi connectivity index (χ2v) is 5.38. The molecule has 0 bridgehead atoms. The second-order valence-electron chi connectivity index (χ2n) is 5.38. The first-order chi connectivity index (χ1) is 8.19. The van der Waals surface area contributed by atoms with Crippen LogP contribution in [0.2, 0.25) is 0 Å². The summed E-state index contributed by atoms with van der Waals surface area (Å²) in [6.07, 6.45) is 0. The van der Waals surface area contributed by atoms with Crippen LogP contribution < -0.4 is 5.32 Å². The molecule has 18 heavy (non-hydrogen) atoms. The number of nitrogens with one attached hydrogen (secondary N) is 1. The molecule has 0 aliphatic heterocycles. The average molecular weight is 260 g/mol. The minimum Gasteiger partial charge on any atom is -0.481 e. The van der Waals surface area contributed by atoms with E-state index in [1.165, 1.54) is 4.90 Å². The van der Waals surface area contributed by atoms with Gasteiger partial charge in [0.1, 0.15) is 0 Å². The molecule has 0 aromatic rings. The Balaban J connectivity index is 4.13. The maximum absolute atomic E-state index is 11.7. The zero-order valence-corrected chi connectivity index (χ0v) is 11.8. The van der Waals surface area contributed by atoms with Gasteiger partial charge in [0.05, 0.1) is 12.5 Å². The smallest absolute Gasteiger partial charge is 0.317 e. The lowest BCUT2D eigenvalue weighted by atomic mass is 9.95. The van der Waals surface area contributed by atoms with Gasteiger partial charge in [-0.05, 0) is 0 Å². The molecule has 0 fully saturated rings. The lowest BCUT2D eigenvalue weighted by molar-refractivity contribution is -0.141. The fourth-order valence-electron chi connectivity index (χ4n) is 1.46. The van der Waals surface area contributed by atoms with E-state index in [4.69, 9.17) is 9.84 Å². The summed E-state index contributed by atoms with van der Waals surface area (Å²) in [7, 11) is 3.20. The van der Waals surface area contributed by atoms with Crippen LogP contribution in [-0.2, 0) is 9.53 Å². The van der Waals surface area contributed by atoms with E-state index < -0.39 is 11.9 Å². The summed E-state index contributed by atoms with van der Waals surface area (Å²) in [5.74, 6) is -1.48. The standard InChI is InChI=1S/C12H24N2O4/c1-9(10(15)16)6-14(4)11(17)13-7-12(2,3)8-18-5/h9H,6-8H2,1-5H3,(H,13,17)(H,15,16). The summed E-state index contributed by atoms with van der Waals surface area (Å²) >= 11 is 0. The van der Waals surface area contributed by atoms with E-state index in [0.29, 0.717) is 13.2 Å². The summed E-state index contributed by atoms with van der Waals surface area (Å²) in [6, 6.07) is -0.271. The lowest BCUT2D eigenvalue weighted by Crippen LogP contribution is -2.44. The highest BCUT2D eigenvalue weighted by atomic mass is 16.5. The molecule has 0 radical (unpaired) electrons. The van der Waals surface area contributed by atoms with E-state index >= 15 is 0 Å². The van der Waals surface area contributed by atoms with Crippen molar-refractivity contribution in [3.05, 3.63) is 0 Å². The molecule has 106 valence electrons. The maximum Gasteiger partial charge on any atom is 0.317 e. The largest absolute Gasteiger partial charge is 0.481 e. The molecule has 2 amide bonds. The third-order valence-corrected chi connectivity index (χ3v) is 2.57. The van der Waals surface area contributed by atoms with Gasteiger partial charge in [-0.15, -0.1) is 0 Å². The van der Waals surface area contributed by atoms with Crippen molar-refractivity contribution in [3.63, 3.8) is 0 Å². The summed E-state index contributed by atoms with van der Waals surface area (Å²) in [6.45, 7) is 6.74. The lowest BCUT2D eigenvalue weighted by Gasteiger charge is -2.26. The molecule has 1 atom stereocenters. The monoisotopic (exact) mass is 260 g/mol. The van der Waals surface area contributed by atoms with Crippen LogP contribution >= 0.6 is 0 Å². The van der Waals surface area contributed by atoms with Gasteiger partial charge in [-0.2, -0.15) is 0 Å². The third-order valence-electron chi connectivity index (χ3n) is 2.57. The normalized spacial score (nSPS) is 12.9. The first-order valence-electron chi connectivity index (χ1n) is 5.90. The summed E-state index contributed by atoms with van der Waals surface area (Å²) in [5.41, 5.74) is -0.149. The molecule has 1 unspecified atom stereocenters. The first kappa shape index (κ1) is 16.7. The van der Waals surface area contributed by atoms with E-state index in [0.717, 1.165) is 0 Å². The molecular weight excluding hydrogens is 236 g/mol. The minimum absolute atomic E-state index is 0.149. The maximum atomic E-state index is 11.7. The summed E-state index contributed by atoms with van der Waals surface area (Å²) in [5, 5.41) is 11.5. The number of amides is 2. The van der Waals surface area contributed by atoms with E-state index in [1.54, 1.807) is 21.1 Å². The predicted octanol–water partition coefficient (Wildman–Crippen LogP) is 1.02. The Labute approximate surface area is 108 Å². The molecule has 0 rings (SSSR count). The highest BCUT2D eigenvalue weighted by Gasteiger charge is 2.21. The molecule has 6 nitrogen and oxygen atoms in total. The van der Waals surface area contributed by atoms with E-state index in [-0.39, 0.29) is 18.0 Å². The Morgan fingerprint density at radius 2 is 2.00 bits per heavy atom. The Morgan fingerprint density at radius 1 is 1.44 bits per heavy atom. The molecule has 0 heterocycles. The zero-order chi connectivity index (χ0) is 14.3. The number of methoxy groups -OCH3 is 1. The molecular formula is C12H24N2O4. The Bertz CT molecular complexity index is 292. The van der Waals surface area contributed by atoms with Gasteiger partial charge in [0, 0.05) is 32.7 Å². The van der Waals surface area contributed by atoms with Gasteiger partial charge in [-0.1, -0.05) is 20.8 Å². The number of aliphatic carboxylic acids is 1. The molecule has 0 aromatic carbocycles. The van der Waals surface area contributed by atoms with Gasteiger partial charge in [0.15, 0.2) is 0 Å².